The quantitative estimate of drug-likeness (QED) is 0.368. The Kier molecular flexibility index (Phi) is 6.98. The van der Waals surface area contributed by atoms with E-state index in [1.165, 1.54) is 17.3 Å². The van der Waals surface area contributed by atoms with Crippen molar-refractivity contribution >= 4 is 40.3 Å². The minimum atomic E-state index is -0.154. The highest BCUT2D eigenvalue weighted by Gasteiger charge is 2.21. The second kappa shape index (κ2) is 9.46. The van der Waals surface area contributed by atoms with Gasteiger partial charge in [-0.1, -0.05) is 69.0 Å². The molecule has 29 heavy (non-hydrogen) atoms. The normalized spacial score (nSPS) is 15.5. The van der Waals surface area contributed by atoms with Gasteiger partial charge in [0.05, 0.1) is 18.1 Å². The molecule has 1 saturated heterocycles. The molecule has 2 aromatic carbocycles. The molecule has 2 aromatic rings. The van der Waals surface area contributed by atoms with E-state index in [-0.39, 0.29) is 11.3 Å². The monoisotopic (exact) mass is 427 g/mol. The summed E-state index contributed by atoms with van der Waals surface area (Å²) in [7, 11) is 0. The highest BCUT2D eigenvalue weighted by molar-refractivity contribution is 8.26. The van der Waals surface area contributed by atoms with Crippen molar-refractivity contribution in [1.82, 2.24) is 5.32 Å². The zero-order valence-corrected chi connectivity index (χ0v) is 18.5. The molecule has 152 valence electrons. The van der Waals surface area contributed by atoms with Crippen LogP contribution < -0.4 is 14.8 Å². The van der Waals surface area contributed by atoms with Crippen molar-refractivity contribution in [3.05, 3.63) is 64.6 Å². The lowest BCUT2D eigenvalue weighted by molar-refractivity contribution is -0.115. The van der Waals surface area contributed by atoms with Crippen LogP contribution in [-0.4, -0.2) is 23.4 Å². The third kappa shape index (κ3) is 6.34. The molecule has 0 atom stereocenters. The largest absolute Gasteiger partial charge is 0.493 e. The number of benzene rings is 2. The van der Waals surface area contributed by atoms with E-state index in [4.69, 9.17) is 21.7 Å². The molecule has 1 heterocycles. The van der Waals surface area contributed by atoms with Crippen LogP contribution in [0.15, 0.2) is 53.4 Å². The van der Waals surface area contributed by atoms with Crippen LogP contribution in [0.3, 0.4) is 0 Å². The third-order valence-corrected chi connectivity index (χ3v) is 5.51. The number of carbonyl (C=O) groups excluding carboxylic acids is 1. The minimum Gasteiger partial charge on any atom is -0.493 e. The molecule has 0 radical (unpaired) electrons. The number of hydrogen-bond donors (Lipinski definition) is 1. The molecule has 0 saturated carbocycles. The van der Waals surface area contributed by atoms with E-state index in [1.54, 1.807) is 0 Å². The van der Waals surface area contributed by atoms with Gasteiger partial charge >= 0.3 is 0 Å². The number of thiocarbonyl (C=S) groups is 1. The van der Waals surface area contributed by atoms with Crippen LogP contribution in [0.5, 0.6) is 11.5 Å². The van der Waals surface area contributed by atoms with Crippen molar-refractivity contribution in [2.24, 2.45) is 0 Å². The Morgan fingerprint density at radius 1 is 1.03 bits per heavy atom. The molecule has 0 spiro atoms. The maximum atomic E-state index is 11.8. The Bertz CT molecular complexity index is 914. The van der Waals surface area contributed by atoms with Crippen LogP contribution in [0.2, 0.25) is 0 Å². The smallest absolute Gasteiger partial charge is 0.263 e. The first-order valence-corrected chi connectivity index (χ1v) is 10.7. The van der Waals surface area contributed by atoms with E-state index >= 15 is 0 Å². The molecule has 0 aromatic heterocycles. The van der Waals surface area contributed by atoms with Gasteiger partial charge in [-0.05, 0) is 46.9 Å². The molecular formula is C23H25NO3S2. The van der Waals surface area contributed by atoms with Crippen LogP contribution in [0.25, 0.3) is 6.08 Å². The van der Waals surface area contributed by atoms with E-state index in [2.05, 4.69) is 38.2 Å². The van der Waals surface area contributed by atoms with Gasteiger partial charge in [0.1, 0.15) is 15.8 Å². The Labute approximate surface area is 181 Å². The number of carbonyl (C=O) groups is 1. The summed E-state index contributed by atoms with van der Waals surface area (Å²) in [5.74, 6) is 1.48. The standard InChI is InChI=1S/C23H25NO3S2/c1-23(2,3)17-8-10-18(11-9-17)26-12-5-13-27-19-7-4-6-16(14-19)15-20-21(25)24-22(28)29-20/h4,6-11,14-15H,5,12-13H2,1-3H3,(H,24,25,28). The average molecular weight is 428 g/mol. The van der Waals surface area contributed by atoms with Gasteiger partial charge in [0.2, 0.25) is 0 Å². The van der Waals surface area contributed by atoms with Crippen LogP contribution >= 0.6 is 24.0 Å². The van der Waals surface area contributed by atoms with Gasteiger partial charge in [-0.2, -0.15) is 0 Å². The van der Waals surface area contributed by atoms with Gasteiger partial charge in [0, 0.05) is 6.42 Å². The van der Waals surface area contributed by atoms with Crippen LogP contribution in [0.1, 0.15) is 38.3 Å². The highest BCUT2D eigenvalue weighted by atomic mass is 32.2. The Hall–Kier alpha value is -2.31. The molecule has 3 rings (SSSR count). The summed E-state index contributed by atoms with van der Waals surface area (Å²) < 4.78 is 12.1. The Balaban J connectivity index is 1.45. The summed E-state index contributed by atoms with van der Waals surface area (Å²) >= 11 is 6.28. The van der Waals surface area contributed by atoms with Crippen molar-refractivity contribution in [1.29, 1.82) is 0 Å². The molecule has 6 heteroatoms. The SMILES string of the molecule is CC(C)(C)c1ccc(OCCCOc2cccc(C=C3SC(=S)NC3=O)c2)cc1. The van der Waals surface area contributed by atoms with Crippen molar-refractivity contribution in [2.45, 2.75) is 32.6 Å². The van der Waals surface area contributed by atoms with Gasteiger partial charge in [-0.15, -0.1) is 0 Å². The van der Waals surface area contributed by atoms with E-state index in [0.717, 1.165) is 23.5 Å². The lowest BCUT2D eigenvalue weighted by atomic mass is 9.87. The molecule has 1 N–H and O–H groups in total. The molecule has 0 unspecified atom stereocenters. The zero-order chi connectivity index (χ0) is 20.9. The van der Waals surface area contributed by atoms with Gasteiger partial charge < -0.3 is 14.8 Å². The second-order valence-electron chi connectivity index (χ2n) is 7.75. The zero-order valence-electron chi connectivity index (χ0n) is 16.9. The van der Waals surface area contributed by atoms with E-state index in [9.17, 15) is 4.79 Å². The fraction of sp³-hybridized carbons (Fsp3) is 0.304. The van der Waals surface area contributed by atoms with Crippen molar-refractivity contribution in [3.63, 3.8) is 0 Å². The first kappa shape index (κ1) is 21.4. The summed E-state index contributed by atoms with van der Waals surface area (Å²) in [6.07, 6.45) is 2.59. The molecule has 0 aliphatic carbocycles. The van der Waals surface area contributed by atoms with E-state index < -0.39 is 0 Å². The van der Waals surface area contributed by atoms with Gasteiger partial charge in [0.15, 0.2) is 0 Å². The summed E-state index contributed by atoms with van der Waals surface area (Å²) in [6.45, 7) is 7.73. The predicted molar refractivity (Wildman–Crippen MR) is 123 cm³/mol. The maximum absolute atomic E-state index is 11.8. The Morgan fingerprint density at radius 3 is 2.34 bits per heavy atom. The number of rotatable bonds is 7. The van der Waals surface area contributed by atoms with Crippen molar-refractivity contribution in [3.8, 4) is 11.5 Å². The number of thioether (sulfide) groups is 1. The topological polar surface area (TPSA) is 47.6 Å². The number of amides is 1. The van der Waals surface area contributed by atoms with Crippen molar-refractivity contribution in [2.75, 3.05) is 13.2 Å². The third-order valence-electron chi connectivity index (χ3n) is 4.34. The minimum absolute atomic E-state index is 0.142. The number of ether oxygens (including phenoxy) is 2. The molecule has 1 fully saturated rings. The molecule has 1 aliphatic rings. The molecule has 0 bridgehead atoms. The predicted octanol–water partition coefficient (Wildman–Crippen LogP) is 5.32. The summed E-state index contributed by atoms with van der Waals surface area (Å²) in [5, 5.41) is 2.62. The lowest BCUT2D eigenvalue weighted by Crippen LogP contribution is -2.17. The van der Waals surface area contributed by atoms with Crippen LogP contribution in [-0.2, 0) is 10.2 Å². The summed E-state index contributed by atoms with van der Waals surface area (Å²) in [6, 6.07) is 15.9. The maximum Gasteiger partial charge on any atom is 0.263 e. The second-order valence-corrected chi connectivity index (χ2v) is 9.47. The molecule has 4 nitrogen and oxygen atoms in total. The van der Waals surface area contributed by atoms with Crippen molar-refractivity contribution < 1.29 is 14.3 Å². The number of hydrogen-bond acceptors (Lipinski definition) is 5. The lowest BCUT2D eigenvalue weighted by Gasteiger charge is -2.19. The molecule has 1 aliphatic heterocycles. The summed E-state index contributed by atoms with van der Waals surface area (Å²) in [5.41, 5.74) is 2.33. The van der Waals surface area contributed by atoms with E-state index in [1.807, 2.05) is 42.5 Å². The van der Waals surface area contributed by atoms with Gasteiger partial charge in [-0.3, -0.25) is 4.79 Å². The fourth-order valence-corrected chi connectivity index (χ4v) is 3.80. The first-order valence-electron chi connectivity index (χ1n) is 9.52. The van der Waals surface area contributed by atoms with Crippen LogP contribution in [0.4, 0.5) is 0 Å². The van der Waals surface area contributed by atoms with Crippen LogP contribution in [0, 0.1) is 0 Å². The summed E-state index contributed by atoms with van der Waals surface area (Å²) in [4.78, 5) is 12.4. The first-order chi connectivity index (χ1) is 13.8. The molecule has 1 amide bonds. The average Bonchev–Trinajstić information content (AvgIpc) is 2.98. The number of nitrogens with one attached hydrogen (secondary N) is 1. The Morgan fingerprint density at radius 2 is 1.72 bits per heavy atom. The highest BCUT2D eigenvalue weighted by Crippen LogP contribution is 2.27. The van der Waals surface area contributed by atoms with Gasteiger partial charge in [0.25, 0.3) is 5.91 Å². The van der Waals surface area contributed by atoms with Gasteiger partial charge in [-0.25, -0.2) is 0 Å². The van der Waals surface area contributed by atoms with E-state index in [0.29, 0.717) is 22.4 Å². The molecular weight excluding hydrogens is 402 g/mol. The fourth-order valence-electron chi connectivity index (χ4n) is 2.76.